The number of nitrogens with one attached hydrogen (secondary N) is 1. The van der Waals surface area contributed by atoms with E-state index >= 15 is 0 Å². The van der Waals surface area contributed by atoms with Gasteiger partial charge < -0.3 is 5.32 Å². The van der Waals surface area contributed by atoms with E-state index in [-0.39, 0.29) is 0 Å². The molecule has 0 spiro atoms. The lowest BCUT2D eigenvalue weighted by molar-refractivity contribution is 0.725. The molecule has 2 nitrogen and oxygen atoms in total. The summed E-state index contributed by atoms with van der Waals surface area (Å²) in [5.41, 5.74) is 1.35. The second-order valence-electron chi connectivity index (χ2n) is 4.06. The van der Waals surface area contributed by atoms with Crippen molar-refractivity contribution in [3.8, 4) is 0 Å². The van der Waals surface area contributed by atoms with Crippen molar-refractivity contribution >= 4 is 23.1 Å². The highest BCUT2D eigenvalue weighted by Crippen LogP contribution is 2.26. The predicted octanol–water partition coefficient (Wildman–Crippen LogP) is 3.85. The monoisotopic (exact) mass is 278 g/mol. The van der Waals surface area contributed by atoms with Crippen molar-refractivity contribution in [2.45, 2.75) is 31.0 Å². The fourth-order valence-electron chi connectivity index (χ4n) is 1.64. The predicted molar refractivity (Wildman–Crippen MR) is 80.2 cm³/mol. The zero-order valence-electron chi connectivity index (χ0n) is 10.8. The first-order chi connectivity index (χ1) is 8.78. The van der Waals surface area contributed by atoms with Crippen LogP contribution >= 0.6 is 23.1 Å². The lowest BCUT2D eigenvalue weighted by atomic mass is 10.2. The third kappa shape index (κ3) is 4.12. The second-order valence-corrected chi connectivity index (χ2v) is 6.43. The summed E-state index contributed by atoms with van der Waals surface area (Å²) in [5.74, 6) is 1.01. The van der Waals surface area contributed by atoms with Crippen molar-refractivity contribution in [1.82, 2.24) is 10.3 Å². The van der Waals surface area contributed by atoms with E-state index in [1.54, 1.807) is 11.3 Å². The Kier molecular flexibility index (Phi) is 5.23. The molecule has 0 bridgehead atoms. The summed E-state index contributed by atoms with van der Waals surface area (Å²) >= 11 is 3.66. The van der Waals surface area contributed by atoms with Crippen LogP contribution in [0.3, 0.4) is 0 Å². The van der Waals surface area contributed by atoms with Gasteiger partial charge in [0.15, 0.2) is 0 Å². The number of hydrogen-bond donors (Lipinski definition) is 1. The van der Waals surface area contributed by atoms with Crippen LogP contribution in [0.15, 0.2) is 35.4 Å². The van der Waals surface area contributed by atoms with Crippen molar-refractivity contribution in [2.75, 3.05) is 6.54 Å². The Hall–Kier alpha value is -0.840. The van der Waals surface area contributed by atoms with Gasteiger partial charge in [-0.05, 0) is 31.2 Å². The van der Waals surface area contributed by atoms with E-state index < -0.39 is 0 Å². The van der Waals surface area contributed by atoms with E-state index in [1.807, 2.05) is 18.0 Å². The maximum atomic E-state index is 4.28. The molecule has 1 aromatic carbocycles. The fraction of sp³-hybridized carbons (Fsp3) is 0.357. The SMILES string of the molecule is CCNCc1cccc(SCc2cnc(C)s2)c1. The molecule has 0 radical (unpaired) electrons. The van der Waals surface area contributed by atoms with E-state index in [4.69, 9.17) is 0 Å². The van der Waals surface area contributed by atoms with Crippen LogP contribution in [0.4, 0.5) is 0 Å². The molecular weight excluding hydrogens is 260 g/mol. The van der Waals surface area contributed by atoms with Gasteiger partial charge in [-0.2, -0.15) is 0 Å². The van der Waals surface area contributed by atoms with E-state index in [2.05, 4.69) is 48.4 Å². The Morgan fingerprint density at radius 2 is 2.28 bits per heavy atom. The molecule has 96 valence electrons. The summed E-state index contributed by atoms with van der Waals surface area (Å²) in [5, 5.41) is 4.50. The fourth-order valence-corrected chi connectivity index (χ4v) is 3.44. The van der Waals surface area contributed by atoms with Gasteiger partial charge in [-0.25, -0.2) is 4.98 Å². The van der Waals surface area contributed by atoms with Gasteiger partial charge in [0.25, 0.3) is 0 Å². The molecule has 0 fully saturated rings. The second kappa shape index (κ2) is 6.92. The maximum Gasteiger partial charge on any atom is 0.0897 e. The van der Waals surface area contributed by atoms with Crippen LogP contribution in [0.5, 0.6) is 0 Å². The number of nitrogens with zero attached hydrogens (tertiary/aromatic N) is 1. The number of aryl methyl sites for hydroxylation is 1. The summed E-state index contributed by atoms with van der Waals surface area (Å²) in [6.45, 7) is 6.14. The number of rotatable bonds is 6. The average Bonchev–Trinajstić information content (AvgIpc) is 2.80. The minimum Gasteiger partial charge on any atom is -0.313 e. The van der Waals surface area contributed by atoms with Crippen molar-refractivity contribution in [3.63, 3.8) is 0 Å². The van der Waals surface area contributed by atoms with E-state index in [9.17, 15) is 0 Å². The topological polar surface area (TPSA) is 24.9 Å². The zero-order valence-corrected chi connectivity index (χ0v) is 12.4. The van der Waals surface area contributed by atoms with Gasteiger partial charge in [0.05, 0.1) is 5.01 Å². The molecule has 0 unspecified atom stereocenters. The normalized spacial score (nSPS) is 10.8. The summed E-state index contributed by atoms with van der Waals surface area (Å²) in [4.78, 5) is 6.95. The molecule has 0 saturated carbocycles. The molecule has 2 rings (SSSR count). The number of benzene rings is 1. The van der Waals surface area contributed by atoms with Gasteiger partial charge in [0, 0.05) is 28.3 Å². The molecule has 4 heteroatoms. The number of aromatic nitrogens is 1. The van der Waals surface area contributed by atoms with Gasteiger partial charge in [-0.15, -0.1) is 23.1 Å². The van der Waals surface area contributed by atoms with Crippen LogP contribution in [0.2, 0.25) is 0 Å². The molecule has 1 aromatic heterocycles. The Morgan fingerprint density at radius 1 is 1.39 bits per heavy atom. The minimum absolute atomic E-state index is 0.949. The minimum atomic E-state index is 0.949. The van der Waals surface area contributed by atoms with Gasteiger partial charge in [0.2, 0.25) is 0 Å². The first kappa shape index (κ1) is 13.6. The lowest BCUT2D eigenvalue weighted by Crippen LogP contribution is -2.11. The third-order valence-electron chi connectivity index (χ3n) is 2.53. The summed E-state index contributed by atoms with van der Waals surface area (Å²) < 4.78 is 0. The van der Waals surface area contributed by atoms with Crippen LogP contribution in [0.25, 0.3) is 0 Å². The molecule has 18 heavy (non-hydrogen) atoms. The quantitative estimate of drug-likeness (QED) is 0.812. The molecule has 0 saturated heterocycles. The van der Waals surface area contributed by atoms with Gasteiger partial charge >= 0.3 is 0 Å². The molecule has 0 aliphatic carbocycles. The molecular formula is C14H18N2S2. The largest absolute Gasteiger partial charge is 0.313 e. The highest BCUT2D eigenvalue weighted by atomic mass is 32.2. The molecule has 0 aliphatic rings. The van der Waals surface area contributed by atoms with E-state index in [0.29, 0.717) is 0 Å². The Bertz CT molecular complexity index is 494. The molecule has 1 heterocycles. The number of thiazole rings is 1. The van der Waals surface area contributed by atoms with Gasteiger partial charge in [0.1, 0.15) is 0 Å². The number of thioether (sulfide) groups is 1. The molecule has 0 atom stereocenters. The Balaban J connectivity index is 1.92. The van der Waals surface area contributed by atoms with Crippen molar-refractivity contribution < 1.29 is 0 Å². The Labute approximate surface area is 117 Å². The van der Waals surface area contributed by atoms with Crippen molar-refractivity contribution in [1.29, 1.82) is 0 Å². The number of hydrogen-bond acceptors (Lipinski definition) is 4. The van der Waals surface area contributed by atoms with Crippen LogP contribution in [0.1, 0.15) is 22.4 Å². The van der Waals surface area contributed by atoms with Gasteiger partial charge in [-0.1, -0.05) is 19.1 Å². The van der Waals surface area contributed by atoms with E-state index in [0.717, 1.165) is 23.8 Å². The Morgan fingerprint density at radius 3 is 3.00 bits per heavy atom. The van der Waals surface area contributed by atoms with Crippen LogP contribution < -0.4 is 5.32 Å². The maximum absolute atomic E-state index is 4.28. The highest BCUT2D eigenvalue weighted by Gasteiger charge is 2.01. The van der Waals surface area contributed by atoms with Crippen molar-refractivity contribution in [3.05, 3.63) is 45.9 Å². The molecule has 2 aromatic rings. The van der Waals surface area contributed by atoms with Gasteiger partial charge in [-0.3, -0.25) is 0 Å². The zero-order chi connectivity index (χ0) is 12.8. The van der Waals surface area contributed by atoms with Crippen molar-refractivity contribution in [2.24, 2.45) is 0 Å². The molecule has 0 aliphatic heterocycles. The summed E-state index contributed by atoms with van der Waals surface area (Å²) in [6, 6.07) is 8.74. The molecule has 0 amide bonds. The van der Waals surface area contributed by atoms with Crippen LogP contribution in [0, 0.1) is 6.92 Å². The average molecular weight is 278 g/mol. The lowest BCUT2D eigenvalue weighted by Gasteiger charge is -2.05. The van der Waals surface area contributed by atoms with E-state index in [1.165, 1.54) is 15.3 Å². The first-order valence-corrected chi connectivity index (χ1v) is 7.92. The smallest absolute Gasteiger partial charge is 0.0897 e. The highest BCUT2D eigenvalue weighted by molar-refractivity contribution is 7.98. The van der Waals surface area contributed by atoms with Crippen LogP contribution in [-0.2, 0) is 12.3 Å². The third-order valence-corrected chi connectivity index (χ3v) is 4.67. The summed E-state index contributed by atoms with van der Waals surface area (Å²) in [6.07, 6.45) is 1.98. The summed E-state index contributed by atoms with van der Waals surface area (Å²) in [7, 11) is 0. The standard InChI is InChI=1S/C14H18N2S2/c1-3-15-8-12-5-4-6-13(7-12)17-10-14-9-16-11(2)18-14/h4-7,9,15H,3,8,10H2,1-2H3. The first-order valence-electron chi connectivity index (χ1n) is 6.11. The van der Waals surface area contributed by atoms with Crippen LogP contribution in [-0.4, -0.2) is 11.5 Å². The molecule has 1 N–H and O–H groups in total.